The number of hydrogen-bond acceptors (Lipinski definition) is 3. The highest BCUT2D eigenvalue weighted by molar-refractivity contribution is 5.84. The summed E-state index contributed by atoms with van der Waals surface area (Å²) in [5.41, 5.74) is 1.21. The summed E-state index contributed by atoms with van der Waals surface area (Å²) in [5.74, 6) is 0.777. The second kappa shape index (κ2) is 3.34. The normalized spacial score (nSPS) is 34.1. The van der Waals surface area contributed by atoms with Crippen LogP contribution < -0.4 is 0 Å². The highest BCUT2D eigenvalue weighted by Gasteiger charge is 2.55. The Morgan fingerprint density at radius 1 is 1.53 bits per heavy atom. The van der Waals surface area contributed by atoms with Gasteiger partial charge in [-0.25, -0.2) is 4.79 Å². The second-order valence-electron chi connectivity index (χ2n) is 5.97. The van der Waals surface area contributed by atoms with Gasteiger partial charge < -0.3 is 9.63 Å². The van der Waals surface area contributed by atoms with Crippen molar-refractivity contribution in [1.29, 1.82) is 0 Å². The van der Waals surface area contributed by atoms with Crippen molar-refractivity contribution in [3.63, 3.8) is 0 Å². The van der Waals surface area contributed by atoms with Gasteiger partial charge >= 0.3 is 5.97 Å². The van der Waals surface area contributed by atoms with E-state index in [1.54, 1.807) is 6.07 Å². The lowest BCUT2D eigenvalue weighted by atomic mass is 9.45. The number of carboxylic acid groups (broad SMARTS) is 1. The predicted octanol–water partition coefficient (Wildman–Crippen LogP) is 2.91. The van der Waals surface area contributed by atoms with Crippen LogP contribution in [0.5, 0.6) is 0 Å². The number of carboxylic acids is 1. The third-order valence-electron chi connectivity index (χ3n) is 4.98. The van der Waals surface area contributed by atoms with Gasteiger partial charge in [-0.1, -0.05) is 19.0 Å². The number of aromatic carboxylic acids is 1. The number of rotatable bonds is 2. The molecule has 3 aliphatic rings. The second-order valence-corrected chi connectivity index (χ2v) is 5.97. The zero-order chi connectivity index (χ0) is 12.2. The molecule has 17 heavy (non-hydrogen) atoms. The van der Waals surface area contributed by atoms with Crippen molar-refractivity contribution in [3.8, 4) is 0 Å². The van der Waals surface area contributed by atoms with Gasteiger partial charge in [-0.2, -0.15) is 0 Å². The minimum Gasteiger partial charge on any atom is -0.475 e. The maximum Gasteiger partial charge on any atom is 0.374 e. The van der Waals surface area contributed by atoms with E-state index in [4.69, 9.17) is 9.63 Å². The van der Waals surface area contributed by atoms with E-state index in [-0.39, 0.29) is 5.76 Å². The molecule has 3 aliphatic carbocycles. The van der Waals surface area contributed by atoms with E-state index < -0.39 is 5.97 Å². The van der Waals surface area contributed by atoms with Crippen LogP contribution in [0, 0.1) is 17.3 Å². The van der Waals surface area contributed by atoms with E-state index in [9.17, 15) is 4.79 Å². The van der Waals surface area contributed by atoms with Crippen LogP contribution in [0.3, 0.4) is 0 Å². The van der Waals surface area contributed by atoms with Crippen molar-refractivity contribution in [2.45, 2.75) is 39.0 Å². The number of carbonyl (C=O) groups is 1. The maximum atomic E-state index is 10.8. The standard InChI is InChI=1S/C13H17NO3/c1-13(2)7-3-4-8(9(13)5-7)10-6-11(12(15)16)17-14-10/h6-9H,3-5H2,1-2H3,(H,15,16). The zero-order valence-corrected chi connectivity index (χ0v) is 10.1. The van der Waals surface area contributed by atoms with Gasteiger partial charge in [0.25, 0.3) is 0 Å². The first kappa shape index (κ1) is 10.8. The summed E-state index contributed by atoms with van der Waals surface area (Å²) in [5, 5.41) is 12.8. The summed E-state index contributed by atoms with van der Waals surface area (Å²) in [6.07, 6.45) is 3.60. The number of aromatic nitrogens is 1. The molecule has 4 rings (SSSR count). The smallest absolute Gasteiger partial charge is 0.374 e. The Morgan fingerprint density at radius 3 is 2.82 bits per heavy atom. The zero-order valence-electron chi connectivity index (χ0n) is 10.1. The quantitative estimate of drug-likeness (QED) is 0.856. The average molecular weight is 235 g/mol. The highest BCUT2D eigenvalue weighted by Crippen LogP contribution is 2.63. The molecule has 0 spiro atoms. The summed E-state index contributed by atoms with van der Waals surface area (Å²) in [6, 6.07) is 1.60. The van der Waals surface area contributed by atoms with Crippen molar-refractivity contribution in [1.82, 2.24) is 5.16 Å². The number of nitrogens with zero attached hydrogens (tertiary/aromatic N) is 1. The third kappa shape index (κ3) is 1.43. The van der Waals surface area contributed by atoms with E-state index in [0.717, 1.165) is 18.0 Å². The fraction of sp³-hybridized carbons (Fsp3) is 0.692. The van der Waals surface area contributed by atoms with E-state index >= 15 is 0 Å². The molecular weight excluding hydrogens is 218 g/mol. The Morgan fingerprint density at radius 2 is 2.29 bits per heavy atom. The summed E-state index contributed by atoms with van der Waals surface area (Å²) in [4.78, 5) is 10.8. The molecule has 0 radical (unpaired) electrons. The highest BCUT2D eigenvalue weighted by atomic mass is 16.5. The van der Waals surface area contributed by atoms with Crippen LogP contribution >= 0.6 is 0 Å². The van der Waals surface area contributed by atoms with Crippen LogP contribution in [0.2, 0.25) is 0 Å². The molecule has 3 atom stereocenters. The Kier molecular flexibility index (Phi) is 2.12. The van der Waals surface area contributed by atoms with Gasteiger partial charge in [-0.05, 0) is 36.5 Å². The minimum absolute atomic E-state index is 0.0424. The summed E-state index contributed by atoms with van der Waals surface area (Å²) >= 11 is 0. The SMILES string of the molecule is CC1(C)C2CCC(c3cc(C(=O)O)on3)C1C2. The monoisotopic (exact) mass is 235 g/mol. The molecule has 0 aliphatic heterocycles. The van der Waals surface area contributed by atoms with Crippen molar-refractivity contribution < 1.29 is 14.4 Å². The lowest BCUT2D eigenvalue weighted by Gasteiger charge is -2.59. The van der Waals surface area contributed by atoms with Crippen molar-refractivity contribution in [2.24, 2.45) is 17.3 Å². The molecule has 3 unspecified atom stereocenters. The Hall–Kier alpha value is -1.32. The molecule has 1 heterocycles. The lowest BCUT2D eigenvalue weighted by molar-refractivity contribution is -0.0818. The van der Waals surface area contributed by atoms with Crippen LogP contribution in [0.1, 0.15) is 55.3 Å². The first-order valence-electron chi connectivity index (χ1n) is 6.20. The summed E-state index contributed by atoms with van der Waals surface area (Å²) in [7, 11) is 0. The molecule has 92 valence electrons. The largest absolute Gasteiger partial charge is 0.475 e. The minimum atomic E-state index is -1.04. The molecule has 3 saturated carbocycles. The molecule has 4 nitrogen and oxygen atoms in total. The molecule has 3 fully saturated rings. The molecule has 4 heteroatoms. The van der Waals surface area contributed by atoms with Crippen molar-refractivity contribution >= 4 is 5.97 Å². The predicted molar refractivity (Wildman–Crippen MR) is 60.8 cm³/mol. The van der Waals surface area contributed by atoms with Crippen LogP contribution in [0.4, 0.5) is 0 Å². The summed E-state index contributed by atoms with van der Waals surface area (Å²) < 4.78 is 4.86. The maximum absolute atomic E-state index is 10.8. The van der Waals surface area contributed by atoms with E-state index in [1.165, 1.54) is 12.8 Å². The van der Waals surface area contributed by atoms with Gasteiger partial charge in [0.2, 0.25) is 5.76 Å². The fourth-order valence-electron chi connectivity index (χ4n) is 3.73. The molecule has 0 aromatic carbocycles. The fourth-order valence-corrected chi connectivity index (χ4v) is 3.73. The molecule has 1 N–H and O–H groups in total. The van der Waals surface area contributed by atoms with E-state index in [2.05, 4.69) is 19.0 Å². The Bertz CT molecular complexity index is 461. The molecule has 1 aromatic heterocycles. The van der Waals surface area contributed by atoms with Crippen LogP contribution in [0.15, 0.2) is 10.6 Å². The van der Waals surface area contributed by atoms with Crippen LogP contribution in [-0.2, 0) is 0 Å². The summed E-state index contributed by atoms with van der Waals surface area (Å²) in [6.45, 7) is 4.63. The number of hydrogen-bond donors (Lipinski definition) is 1. The van der Waals surface area contributed by atoms with Crippen LogP contribution in [-0.4, -0.2) is 16.2 Å². The lowest BCUT2D eigenvalue weighted by Crippen LogP contribution is -2.51. The first-order chi connectivity index (χ1) is 8.00. The topological polar surface area (TPSA) is 63.3 Å². The Labute approximate surface area is 100.0 Å². The molecule has 0 amide bonds. The van der Waals surface area contributed by atoms with Crippen LogP contribution in [0.25, 0.3) is 0 Å². The molecule has 0 saturated heterocycles. The molecule has 1 aromatic rings. The first-order valence-corrected chi connectivity index (χ1v) is 6.20. The van der Waals surface area contributed by atoms with Gasteiger partial charge in [-0.15, -0.1) is 0 Å². The molecular formula is C13H17NO3. The number of fused-ring (bicyclic) bond motifs is 2. The van der Waals surface area contributed by atoms with Gasteiger partial charge in [-0.3, -0.25) is 0 Å². The van der Waals surface area contributed by atoms with Crippen molar-refractivity contribution in [2.75, 3.05) is 0 Å². The van der Waals surface area contributed by atoms with Crippen molar-refractivity contribution in [3.05, 3.63) is 17.5 Å². The Balaban J connectivity index is 1.86. The van der Waals surface area contributed by atoms with Gasteiger partial charge in [0, 0.05) is 12.0 Å². The van der Waals surface area contributed by atoms with Gasteiger partial charge in [0.15, 0.2) is 0 Å². The van der Waals surface area contributed by atoms with E-state index in [0.29, 0.717) is 17.3 Å². The molecule has 2 bridgehead atoms. The van der Waals surface area contributed by atoms with Gasteiger partial charge in [0.1, 0.15) is 0 Å². The third-order valence-corrected chi connectivity index (χ3v) is 4.98. The van der Waals surface area contributed by atoms with E-state index in [1.807, 2.05) is 0 Å². The average Bonchev–Trinajstić information content (AvgIpc) is 2.78. The van der Waals surface area contributed by atoms with Gasteiger partial charge in [0.05, 0.1) is 5.69 Å².